The molecule has 1 aromatic heterocycles. The van der Waals surface area contributed by atoms with Crippen molar-refractivity contribution < 1.29 is 23.2 Å². The fourth-order valence-corrected chi connectivity index (χ4v) is 1.96. The van der Waals surface area contributed by atoms with Gasteiger partial charge in [0.15, 0.2) is 0 Å². The Morgan fingerprint density at radius 2 is 2.16 bits per heavy atom. The first kappa shape index (κ1) is 18.0. The SMILES string of the molecule is O=C(NCCc1cccnc1)Nc1cc([N+](=O)[O-])ccc1OC(F)F. The molecule has 2 amide bonds. The molecule has 0 radical (unpaired) electrons. The van der Waals surface area contributed by atoms with Crippen LogP contribution in [-0.2, 0) is 6.42 Å². The van der Waals surface area contributed by atoms with E-state index in [-0.39, 0.29) is 23.7 Å². The summed E-state index contributed by atoms with van der Waals surface area (Å²) in [6.07, 6.45) is 3.78. The minimum atomic E-state index is -3.13. The lowest BCUT2D eigenvalue weighted by Crippen LogP contribution is -2.30. The molecule has 0 saturated heterocycles. The highest BCUT2D eigenvalue weighted by Crippen LogP contribution is 2.30. The number of urea groups is 1. The molecule has 0 saturated carbocycles. The van der Waals surface area contributed by atoms with Crippen molar-refractivity contribution in [3.8, 4) is 5.75 Å². The van der Waals surface area contributed by atoms with Crippen molar-refractivity contribution in [3.63, 3.8) is 0 Å². The summed E-state index contributed by atoms with van der Waals surface area (Å²) in [5.41, 5.74) is 0.306. The molecule has 2 aromatic rings. The maximum Gasteiger partial charge on any atom is 0.387 e. The van der Waals surface area contributed by atoms with Crippen molar-refractivity contribution >= 4 is 17.4 Å². The summed E-state index contributed by atoms with van der Waals surface area (Å²) in [7, 11) is 0. The second-order valence-corrected chi connectivity index (χ2v) is 4.81. The number of halogens is 2. The van der Waals surface area contributed by atoms with E-state index in [1.165, 1.54) is 0 Å². The molecule has 1 aromatic carbocycles. The van der Waals surface area contributed by atoms with Crippen molar-refractivity contribution in [2.75, 3.05) is 11.9 Å². The van der Waals surface area contributed by atoms with Crippen LogP contribution in [0.25, 0.3) is 0 Å². The quantitative estimate of drug-likeness (QED) is 0.588. The number of carbonyl (C=O) groups excluding carboxylic acids is 1. The number of amides is 2. The molecule has 25 heavy (non-hydrogen) atoms. The molecule has 2 rings (SSSR count). The Morgan fingerprint density at radius 1 is 1.36 bits per heavy atom. The van der Waals surface area contributed by atoms with Crippen molar-refractivity contribution in [2.45, 2.75) is 13.0 Å². The third-order valence-corrected chi connectivity index (χ3v) is 3.06. The Morgan fingerprint density at radius 3 is 2.80 bits per heavy atom. The standard InChI is InChI=1S/C15H14F2N4O4/c16-14(17)25-13-4-3-11(21(23)24)8-12(13)20-15(22)19-7-5-10-2-1-6-18-9-10/h1-4,6,8-9,14H,5,7H2,(H2,19,20,22). The first-order chi connectivity index (χ1) is 12.0. The topological polar surface area (TPSA) is 106 Å². The Bertz CT molecular complexity index is 744. The summed E-state index contributed by atoms with van der Waals surface area (Å²) in [6, 6.07) is 5.83. The van der Waals surface area contributed by atoms with E-state index in [2.05, 4.69) is 20.4 Å². The van der Waals surface area contributed by atoms with Gasteiger partial charge in [0.05, 0.1) is 10.6 Å². The zero-order chi connectivity index (χ0) is 18.2. The molecule has 0 aliphatic heterocycles. The Hall–Kier alpha value is -3.30. The lowest BCUT2D eigenvalue weighted by molar-refractivity contribution is -0.384. The molecule has 1 heterocycles. The molecule has 0 spiro atoms. The number of nitro groups is 1. The highest BCUT2D eigenvalue weighted by atomic mass is 19.3. The van der Waals surface area contributed by atoms with E-state index in [0.717, 1.165) is 23.8 Å². The number of benzene rings is 1. The second kappa shape index (κ2) is 8.52. The predicted octanol–water partition coefficient (Wildman–Crippen LogP) is 2.96. The van der Waals surface area contributed by atoms with Crippen LogP contribution in [-0.4, -0.2) is 29.1 Å². The van der Waals surface area contributed by atoms with Gasteiger partial charge < -0.3 is 15.4 Å². The van der Waals surface area contributed by atoms with E-state index in [9.17, 15) is 23.7 Å². The smallest absolute Gasteiger partial charge is 0.387 e. The van der Waals surface area contributed by atoms with Gasteiger partial charge in [-0.05, 0) is 24.1 Å². The average Bonchev–Trinajstić information content (AvgIpc) is 2.57. The number of nitrogens with one attached hydrogen (secondary N) is 2. The van der Waals surface area contributed by atoms with E-state index in [1.54, 1.807) is 18.5 Å². The number of hydrogen-bond donors (Lipinski definition) is 2. The molecule has 10 heteroatoms. The molecule has 0 aliphatic carbocycles. The Balaban J connectivity index is 2.00. The first-order valence-electron chi connectivity index (χ1n) is 7.12. The number of pyridine rings is 1. The third-order valence-electron chi connectivity index (χ3n) is 3.06. The lowest BCUT2D eigenvalue weighted by atomic mass is 10.2. The molecule has 132 valence electrons. The number of nitrogens with zero attached hydrogens (tertiary/aromatic N) is 2. The highest BCUT2D eigenvalue weighted by Gasteiger charge is 2.16. The van der Waals surface area contributed by atoms with Crippen molar-refractivity contribution in [3.05, 3.63) is 58.4 Å². The number of rotatable bonds is 7. The van der Waals surface area contributed by atoms with Gasteiger partial charge in [0.1, 0.15) is 5.75 Å². The van der Waals surface area contributed by atoms with Crippen LogP contribution in [0.4, 0.5) is 25.0 Å². The van der Waals surface area contributed by atoms with Gasteiger partial charge in [0.25, 0.3) is 5.69 Å². The van der Waals surface area contributed by atoms with Gasteiger partial charge in [-0.3, -0.25) is 15.1 Å². The molecule has 8 nitrogen and oxygen atoms in total. The van der Waals surface area contributed by atoms with Crippen molar-refractivity contribution in [2.24, 2.45) is 0 Å². The first-order valence-corrected chi connectivity index (χ1v) is 7.12. The number of anilines is 1. The van der Waals surface area contributed by atoms with Crippen LogP contribution in [0.3, 0.4) is 0 Å². The highest BCUT2D eigenvalue weighted by molar-refractivity contribution is 5.91. The maximum absolute atomic E-state index is 12.4. The maximum atomic E-state index is 12.4. The average molecular weight is 352 g/mol. The number of nitro benzene ring substituents is 1. The minimum absolute atomic E-state index is 0.228. The molecule has 0 aliphatic rings. The van der Waals surface area contributed by atoms with Gasteiger partial charge in [-0.15, -0.1) is 0 Å². The van der Waals surface area contributed by atoms with E-state index < -0.39 is 17.6 Å². The molecular formula is C15H14F2N4O4. The largest absolute Gasteiger partial charge is 0.433 e. The fraction of sp³-hybridized carbons (Fsp3) is 0.200. The van der Waals surface area contributed by atoms with E-state index >= 15 is 0 Å². The predicted molar refractivity (Wildman–Crippen MR) is 84.7 cm³/mol. The monoisotopic (exact) mass is 352 g/mol. The molecule has 0 fully saturated rings. The Kier molecular flexibility index (Phi) is 6.15. The number of carbonyl (C=O) groups is 1. The van der Waals surface area contributed by atoms with Crippen LogP contribution in [0.1, 0.15) is 5.56 Å². The third kappa shape index (κ3) is 5.68. The van der Waals surface area contributed by atoms with Gasteiger partial charge in [-0.2, -0.15) is 8.78 Å². The molecule has 0 atom stereocenters. The van der Waals surface area contributed by atoms with Gasteiger partial charge in [0, 0.05) is 31.1 Å². The Labute approximate surface area is 141 Å². The van der Waals surface area contributed by atoms with Gasteiger partial charge in [0.2, 0.25) is 0 Å². The molecule has 0 bridgehead atoms. The number of alkyl halides is 2. The molecule has 0 unspecified atom stereocenters. The summed E-state index contributed by atoms with van der Waals surface area (Å²) in [6.45, 7) is -2.87. The van der Waals surface area contributed by atoms with Crippen molar-refractivity contribution in [1.82, 2.24) is 10.3 Å². The van der Waals surface area contributed by atoms with E-state index in [4.69, 9.17) is 0 Å². The number of non-ortho nitro benzene ring substituents is 1. The van der Waals surface area contributed by atoms with E-state index in [1.807, 2.05) is 6.07 Å². The van der Waals surface area contributed by atoms with Gasteiger partial charge >= 0.3 is 12.6 Å². The van der Waals surface area contributed by atoms with Crippen LogP contribution in [0.2, 0.25) is 0 Å². The van der Waals surface area contributed by atoms with Crippen molar-refractivity contribution in [1.29, 1.82) is 0 Å². The second-order valence-electron chi connectivity index (χ2n) is 4.81. The summed E-state index contributed by atoms with van der Waals surface area (Å²) in [4.78, 5) is 25.9. The zero-order valence-corrected chi connectivity index (χ0v) is 12.8. The molecule has 2 N–H and O–H groups in total. The zero-order valence-electron chi connectivity index (χ0n) is 12.8. The van der Waals surface area contributed by atoms with E-state index in [0.29, 0.717) is 6.42 Å². The van der Waals surface area contributed by atoms with Crippen LogP contribution in [0, 0.1) is 10.1 Å². The van der Waals surface area contributed by atoms with Crippen LogP contribution in [0.5, 0.6) is 5.75 Å². The summed E-state index contributed by atoms with van der Waals surface area (Å²) in [5.74, 6) is -0.372. The number of ether oxygens (including phenoxy) is 1. The van der Waals surface area contributed by atoms with Gasteiger partial charge in [-0.1, -0.05) is 6.07 Å². The minimum Gasteiger partial charge on any atom is -0.433 e. The lowest BCUT2D eigenvalue weighted by Gasteiger charge is -2.12. The normalized spacial score (nSPS) is 10.4. The summed E-state index contributed by atoms with van der Waals surface area (Å²) in [5, 5.41) is 15.6. The summed E-state index contributed by atoms with van der Waals surface area (Å²) < 4.78 is 29.0. The summed E-state index contributed by atoms with van der Waals surface area (Å²) >= 11 is 0. The number of aromatic nitrogens is 1. The number of hydrogen-bond acceptors (Lipinski definition) is 5. The van der Waals surface area contributed by atoms with Crippen LogP contribution >= 0.6 is 0 Å². The fourth-order valence-electron chi connectivity index (χ4n) is 1.96. The van der Waals surface area contributed by atoms with Gasteiger partial charge in [-0.25, -0.2) is 4.79 Å². The van der Waals surface area contributed by atoms with Crippen LogP contribution < -0.4 is 15.4 Å². The van der Waals surface area contributed by atoms with Crippen LogP contribution in [0.15, 0.2) is 42.7 Å². The molecular weight excluding hydrogens is 338 g/mol.